The molecule has 5 aromatic rings. The maximum absolute atomic E-state index is 7.23. The lowest BCUT2D eigenvalue weighted by atomic mass is 9.77. The maximum atomic E-state index is 7.23. The summed E-state index contributed by atoms with van der Waals surface area (Å²) in [7, 11) is -2.08. The normalized spacial score (nSPS) is 12.7. The van der Waals surface area contributed by atoms with Crippen molar-refractivity contribution < 1.29 is 4.43 Å². The molecule has 0 spiro atoms. The van der Waals surface area contributed by atoms with Crippen molar-refractivity contribution in [1.82, 2.24) is 10.6 Å². The fourth-order valence-corrected chi connectivity index (χ4v) is 7.72. The Hall–Kier alpha value is -4.03. The van der Waals surface area contributed by atoms with Crippen LogP contribution >= 0.6 is 12.2 Å². The molecule has 0 heterocycles. The average molecular weight is 601 g/mol. The summed E-state index contributed by atoms with van der Waals surface area (Å²) in [6.07, 6.45) is 0. The van der Waals surface area contributed by atoms with E-state index in [0.717, 1.165) is 27.8 Å². The van der Waals surface area contributed by atoms with E-state index in [2.05, 4.69) is 159 Å². The van der Waals surface area contributed by atoms with E-state index in [1.807, 2.05) is 30.3 Å². The SMILES string of the molecule is CC(NC(=S)NC(c1ccccc1)(c1ccccc1)c1ccccc1)C(O[Si](C)(C)C)(c1ccccc1)c1ccccc1. The Bertz CT molecular complexity index is 1460. The molecule has 0 bridgehead atoms. The number of hydrogen-bond donors (Lipinski definition) is 2. The Labute approximate surface area is 263 Å². The van der Waals surface area contributed by atoms with Gasteiger partial charge in [-0.3, -0.25) is 0 Å². The first-order chi connectivity index (χ1) is 20.8. The van der Waals surface area contributed by atoms with Crippen LogP contribution in [0.15, 0.2) is 152 Å². The Kier molecular flexibility index (Phi) is 9.26. The van der Waals surface area contributed by atoms with Gasteiger partial charge in [0.05, 0.1) is 6.04 Å². The van der Waals surface area contributed by atoms with Crippen LogP contribution in [0.2, 0.25) is 19.6 Å². The zero-order valence-electron chi connectivity index (χ0n) is 25.3. The highest BCUT2D eigenvalue weighted by Gasteiger charge is 2.45. The van der Waals surface area contributed by atoms with Crippen LogP contribution < -0.4 is 10.6 Å². The maximum Gasteiger partial charge on any atom is 0.185 e. The van der Waals surface area contributed by atoms with Crippen LogP contribution in [0.5, 0.6) is 0 Å². The van der Waals surface area contributed by atoms with Crippen molar-refractivity contribution in [2.24, 2.45) is 0 Å². The quantitative estimate of drug-likeness (QED) is 0.0955. The molecule has 43 heavy (non-hydrogen) atoms. The van der Waals surface area contributed by atoms with Crippen molar-refractivity contribution >= 4 is 25.6 Å². The Morgan fingerprint density at radius 2 is 0.860 bits per heavy atom. The van der Waals surface area contributed by atoms with Gasteiger partial charge in [0.25, 0.3) is 0 Å². The molecule has 1 atom stereocenters. The van der Waals surface area contributed by atoms with E-state index in [9.17, 15) is 0 Å². The molecule has 5 heteroatoms. The van der Waals surface area contributed by atoms with Gasteiger partial charge in [-0.15, -0.1) is 0 Å². The molecule has 0 saturated carbocycles. The number of rotatable bonds is 10. The van der Waals surface area contributed by atoms with Gasteiger partial charge >= 0.3 is 0 Å². The third kappa shape index (κ3) is 6.49. The Morgan fingerprint density at radius 1 is 0.558 bits per heavy atom. The smallest absolute Gasteiger partial charge is 0.185 e. The average Bonchev–Trinajstić information content (AvgIpc) is 3.04. The number of thiocarbonyl (C=S) groups is 1. The lowest BCUT2D eigenvalue weighted by molar-refractivity contribution is 0.0705. The third-order valence-corrected chi connectivity index (χ3v) is 8.91. The highest BCUT2D eigenvalue weighted by molar-refractivity contribution is 7.80. The van der Waals surface area contributed by atoms with E-state index in [1.54, 1.807) is 0 Å². The van der Waals surface area contributed by atoms with Crippen molar-refractivity contribution in [3.05, 3.63) is 179 Å². The molecule has 0 fully saturated rings. The van der Waals surface area contributed by atoms with Crippen LogP contribution in [-0.4, -0.2) is 19.5 Å². The second kappa shape index (κ2) is 13.1. The van der Waals surface area contributed by atoms with E-state index in [-0.39, 0.29) is 6.04 Å². The molecule has 0 aliphatic carbocycles. The molecule has 0 aromatic heterocycles. The zero-order valence-corrected chi connectivity index (χ0v) is 27.1. The van der Waals surface area contributed by atoms with Gasteiger partial charge in [-0.2, -0.15) is 0 Å². The molecular weight excluding hydrogens is 561 g/mol. The van der Waals surface area contributed by atoms with Gasteiger partial charge in [-0.1, -0.05) is 152 Å². The highest BCUT2D eigenvalue weighted by atomic mass is 32.1. The fourth-order valence-electron chi connectivity index (χ4n) is 6.01. The first kappa shape index (κ1) is 30.4. The summed E-state index contributed by atoms with van der Waals surface area (Å²) in [4.78, 5) is 0. The van der Waals surface area contributed by atoms with E-state index >= 15 is 0 Å². The first-order valence-corrected chi connectivity index (χ1v) is 18.6. The van der Waals surface area contributed by atoms with Crippen molar-refractivity contribution in [2.75, 3.05) is 0 Å². The lowest BCUT2D eigenvalue weighted by Gasteiger charge is -2.46. The van der Waals surface area contributed by atoms with E-state index in [1.165, 1.54) is 0 Å². The molecule has 5 rings (SSSR count). The predicted molar refractivity (Wildman–Crippen MR) is 186 cm³/mol. The van der Waals surface area contributed by atoms with Gasteiger partial charge in [-0.05, 0) is 66.6 Å². The predicted octanol–water partition coefficient (Wildman–Crippen LogP) is 8.63. The van der Waals surface area contributed by atoms with E-state index < -0.39 is 19.5 Å². The molecule has 0 aliphatic rings. The molecule has 0 aliphatic heterocycles. The van der Waals surface area contributed by atoms with Gasteiger partial charge in [0.2, 0.25) is 0 Å². The van der Waals surface area contributed by atoms with Gasteiger partial charge in [0.1, 0.15) is 11.1 Å². The summed E-state index contributed by atoms with van der Waals surface area (Å²) in [6, 6.07) is 52.4. The Morgan fingerprint density at radius 3 is 1.16 bits per heavy atom. The first-order valence-electron chi connectivity index (χ1n) is 14.8. The second-order valence-corrected chi connectivity index (χ2v) is 16.7. The highest BCUT2D eigenvalue weighted by Crippen LogP contribution is 2.41. The molecule has 5 aromatic carbocycles. The summed E-state index contributed by atoms with van der Waals surface area (Å²) in [5, 5.41) is 8.09. The van der Waals surface area contributed by atoms with Gasteiger partial charge in [-0.25, -0.2) is 0 Å². The van der Waals surface area contributed by atoms with Gasteiger partial charge in [0, 0.05) is 0 Å². The van der Waals surface area contributed by atoms with E-state index in [0.29, 0.717) is 5.11 Å². The molecule has 1 unspecified atom stereocenters. The zero-order chi connectivity index (χ0) is 30.3. The minimum absolute atomic E-state index is 0.218. The molecule has 0 saturated heterocycles. The van der Waals surface area contributed by atoms with Crippen LogP contribution in [0.1, 0.15) is 34.7 Å². The summed E-state index contributed by atoms with van der Waals surface area (Å²) < 4.78 is 7.23. The van der Waals surface area contributed by atoms with Crippen LogP contribution in [0.3, 0.4) is 0 Å². The number of benzene rings is 5. The number of hydrogen-bond acceptors (Lipinski definition) is 2. The molecule has 0 radical (unpaired) electrons. The summed E-state index contributed by atoms with van der Waals surface area (Å²) >= 11 is 6.22. The molecule has 218 valence electrons. The van der Waals surface area contributed by atoms with E-state index in [4.69, 9.17) is 16.6 Å². The Balaban J connectivity index is 1.62. The summed E-state index contributed by atoms with van der Waals surface area (Å²) in [5.74, 6) is 0. The standard InChI is InChI=1S/C38H40N2OSSi/c1-30(38(41-43(2,3)4,34-26-16-8-17-27-34)35-28-18-9-19-29-35)39-36(42)40-37(31-20-10-5-11-21-31,32-22-12-6-13-23-32)33-24-14-7-15-25-33/h5-30H,1-4H3,(H2,39,40,42). The minimum atomic E-state index is -2.08. The summed E-state index contributed by atoms with van der Waals surface area (Å²) in [5.41, 5.74) is 3.97. The fraction of sp³-hybridized carbons (Fsp3) is 0.184. The topological polar surface area (TPSA) is 33.3 Å². The monoisotopic (exact) mass is 600 g/mol. The van der Waals surface area contributed by atoms with Gasteiger partial charge < -0.3 is 15.1 Å². The number of nitrogens with one attached hydrogen (secondary N) is 2. The molecule has 0 amide bonds. The summed E-state index contributed by atoms with van der Waals surface area (Å²) in [6.45, 7) is 8.88. The van der Waals surface area contributed by atoms with Crippen molar-refractivity contribution in [3.8, 4) is 0 Å². The lowest BCUT2D eigenvalue weighted by Crippen LogP contribution is -2.59. The van der Waals surface area contributed by atoms with Crippen LogP contribution in [0.4, 0.5) is 0 Å². The van der Waals surface area contributed by atoms with Crippen LogP contribution in [0, 0.1) is 0 Å². The molecular formula is C38H40N2OSSi. The largest absolute Gasteiger partial charge is 0.402 e. The van der Waals surface area contributed by atoms with Crippen molar-refractivity contribution in [1.29, 1.82) is 0 Å². The molecule has 2 N–H and O–H groups in total. The van der Waals surface area contributed by atoms with Crippen molar-refractivity contribution in [2.45, 2.75) is 43.7 Å². The minimum Gasteiger partial charge on any atom is -0.402 e. The molecule has 3 nitrogen and oxygen atoms in total. The van der Waals surface area contributed by atoms with Crippen LogP contribution in [-0.2, 0) is 15.6 Å². The van der Waals surface area contributed by atoms with Gasteiger partial charge in [0.15, 0.2) is 13.4 Å². The van der Waals surface area contributed by atoms with Crippen molar-refractivity contribution in [3.63, 3.8) is 0 Å². The second-order valence-electron chi connectivity index (χ2n) is 11.9. The van der Waals surface area contributed by atoms with Crippen LogP contribution in [0.25, 0.3) is 0 Å². The third-order valence-electron chi connectivity index (χ3n) is 7.75.